The van der Waals surface area contributed by atoms with Crippen molar-refractivity contribution in [3.8, 4) is 0 Å². The van der Waals surface area contributed by atoms with Gasteiger partial charge in [0.05, 0.1) is 12.0 Å². The van der Waals surface area contributed by atoms with Crippen molar-refractivity contribution in [3.63, 3.8) is 0 Å². The molecule has 78 valence electrons. The molecule has 1 heterocycles. The predicted octanol–water partition coefficient (Wildman–Crippen LogP) is 2.49. The first-order valence-corrected chi connectivity index (χ1v) is 5.33. The van der Waals surface area contributed by atoms with Crippen molar-refractivity contribution in [1.82, 2.24) is 9.55 Å². The largest absolute Gasteiger partial charge is 0.384 e. The highest BCUT2D eigenvalue weighted by molar-refractivity contribution is 5.40. The first-order chi connectivity index (χ1) is 6.50. The number of hydrogen-bond donors (Lipinski definition) is 1. The molecule has 0 bridgehead atoms. The number of anilines is 1. The van der Waals surface area contributed by atoms with Crippen LogP contribution in [0.1, 0.15) is 51.6 Å². The maximum atomic E-state index is 6.10. The van der Waals surface area contributed by atoms with Crippen LogP contribution in [-0.4, -0.2) is 9.55 Å². The summed E-state index contributed by atoms with van der Waals surface area (Å²) in [5.41, 5.74) is 7.26. The molecule has 1 fully saturated rings. The van der Waals surface area contributed by atoms with E-state index < -0.39 is 0 Å². The average Bonchev–Trinajstić information content (AvgIpc) is 2.28. The second-order valence-electron chi connectivity index (χ2n) is 5.18. The zero-order chi connectivity index (χ0) is 10.3. The Kier molecular flexibility index (Phi) is 2.05. The molecule has 0 atom stereocenters. The number of rotatable bonds is 1. The van der Waals surface area contributed by atoms with E-state index in [1.54, 1.807) is 0 Å². The Morgan fingerprint density at radius 1 is 1.43 bits per heavy atom. The minimum atomic E-state index is 0.0408. The van der Waals surface area contributed by atoms with Crippen molar-refractivity contribution >= 4 is 5.82 Å². The molecule has 1 aliphatic carbocycles. The molecule has 1 aliphatic rings. The lowest BCUT2D eigenvalue weighted by atomic mass is 9.83. The number of nitrogens with two attached hydrogens (primary N) is 1. The van der Waals surface area contributed by atoms with Gasteiger partial charge in [-0.05, 0) is 33.6 Å². The summed E-state index contributed by atoms with van der Waals surface area (Å²) in [6, 6.07) is 0. The number of nitrogen functional groups attached to an aromatic ring is 1. The highest BCUT2D eigenvalue weighted by Gasteiger charge is 2.27. The van der Waals surface area contributed by atoms with E-state index in [2.05, 4.69) is 30.3 Å². The summed E-state index contributed by atoms with van der Waals surface area (Å²) >= 11 is 0. The van der Waals surface area contributed by atoms with Crippen LogP contribution < -0.4 is 5.73 Å². The van der Waals surface area contributed by atoms with Gasteiger partial charge in [-0.2, -0.15) is 0 Å². The van der Waals surface area contributed by atoms with Gasteiger partial charge >= 0.3 is 0 Å². The van der Waals surface area contributed by atoms with Gasteiger partial charge in [-0.1, -0.05) is 6.42 Å². The highest BCUT2D eigenvalue weighted by atomic mass is 15.2. The molecule has 2 rings (SSSR count). The minimum Gasteiger partial charge on any atom is -0.384 e. The average molecular weight is 193 g/mol. The molecule has 2 N–H and O–H groups in total. The molecule has 0 aromatic carbocycles. The van der Waals surface area contributed by atoms with Gasteiger partial charge in [0.1, 0.15) is 5.82 Å². The topological polar surface area (TPSA) is 43.8 Å². The van der Waals surface area contributed by atoms with Gasteiger partial charge in [-0.25, -0.2) is 4.98 Å². The van der Waals surface area contributed by atoms with E-state index in [0.717, 1.165) is 11.5 Å². The third-order valence-electron chi connectivity index (χ3n) is 3.05. The van der Waals surface area contributed by atoms with Crippen molar-refractivity contribution in [2.75, 3.05) is 5.73 Å². The summed E-state index contributed by atoms with van der Waals surface area (Å²) < 4.78 is 2.07. The Morgan fingerprint density at radius 2 is 2.07 bits per heavy atom. The fraction of sp³-hybridized carbons (Fsp3) is 0.727. The standard InChI is InChI=1S/C11H19N3/c1-11(2,3)14-7-13-9(10(14)12)8-5-4-6-8/h7-8H,4-6,12H2,1-3H3. The van der Waals surface area contributed by atoms with Crippen LogP contribution in [0.4, 0.5) is 5.82 Å². The van der Waals surface area contributed by atoms with Crippen LogP contribution >= 0.6 is 0 Å². The number of aromatic nitrogens is 2. The zero-order valence-electron chi connectivity index (χ0n) is 9.25. The van der Waals surface area contributed by atoms with Gasteiger partial charge < -0.3 is 10.3 Å². The third kappa shape index (κ3) is 1.41. The van der Waals surface area contributed by atoms with E-state index in [1.165, 1.54) is 19.3 Å². The molecule has 3 heteroatoms. The Balaban J connectivity index is 2.32. The van der Waals surface area contributed by atoms with Crippen molar-refractivity contribution in [2.45, 2.75) is 51.5 Å². The summed E-state index contributed by atoms with van der Waals surface area (Å²) in [7, 11) is 0. The van der Waals surface area contributed by atoms with E-state index in [9.17, 15) is 0 Å². The molecule has 0 radical (unpaired) electrons. The second kappa shape index (κ2) is 3.01. The fourth-order valence-electron chi connectivity index (χ4n) is 1.90. The number of hydrogen-bond acceptors (Lipinski definition) is 2. The monoisotopic (exact) mass is 193 g/mol. The molecule has 1 saturated carbocycles. The molecular formula is C11H19N3. The third-order valence-corrected chi connectivity index (χ3v) is 3.05. The van der Waals surface area contributed by atoms with Crippen LogP contribution in [0.2, 0.25) is 0 Å². The fourth-order valence-corrected chi connectivity index (χ4v) is 1.90. The maximum Gasteiger partial charge on any atom is 0.127 e. The Bertz CT molecular complexity index is 329. The van der Waals surface area contributed by atoms with Gasteiger partial charge in [0.25, 0.3) is 0 Å². The SMILES string of the molecule is CC(C)(C)n1cnc(C2CCC2)c1N. The molecule has 14 heavy (non-hydrogen) atoms. The van der Waals surface area contributed by atoms with Gasteiger partial charge in [0.15, 0.2) is 0 Å². The van der Waals surface area contributed by atoms with Crippen LogP contribution in [0.3, 0.4) is 0 Å². The Morgan fingerprint density at radius 3 is 2.43 bits per heavy atom. The lowest BCUT2D eigenvalue weighted by Gasteiger charge is -2.26. The maximum absolute atomic E-state index is 6.10. The van der Waals surface area contributed by atoms with Crippen LogP contribution in [0.15, 0.2) is 6.33 Å². The van der Waals surface area contributed by atoms with Gasteiger partial charge in [0, 0.05) is 11.5 Å². The molecule has 1 aromatic rings. The summed E-state index contributed by atoms with van der Waals surface area (Å²) in [4.78, 5) is 4.44. The van der Waals surface area contributed by atoms with E-state index in [4.69, 9.17) is 5.73 Å². The van der Waals surface area contributed by atoms with Crippen LogP contribution in [0.5, 0.6) is 0 Å². The second-order valence-corrected chi connectivity index (χ2v) is 5.18. The lowest BCUT2D eigenvalue weighted by molar-refractivity contribution is 0.397. The summed E-state index contributed by atoms with van der Waals surface area (Å²) in [6.45, 7) is 6.45. The summed E-state index contributed by atoms with van der Waals surface area (Å²) in [5, 5.41) is 0. The molecule has 0 amide bonds. The molecule has 1 aromatic heterocycles. The summed E-state index contributed by atoms with van der Waals surface area (Å²) in [5.74, 6) is 1.49. The van der Waals surface area contributed by atoms with Gasteiger partial charge in [0.2, 0.25) is 0 Å². The van der Waals surface area contributed by atoms with Crippen LogP contribution in [0, 0.1) is 0 Å². The zero-order valence-corrected chi connectivity index (χ0v) is 9.25. The van der Waals surface area contributed by atoms with Crippen molar-refractivity contribution < 1.29 is 0 Å². The lowest BCUT2D eigenvalue weighted by Crippen LogP contribution is -2.23. The van der Waals surface area contributed by atoms with Gasteiger partial charge in [-0.15, -0.1) is 0 Å². The quantitative estimate of drug-likeness (QED) is 0.744. The highest BCUT2D eigenvalue weighted by Crippen LogP contribution is 2.38. The first-order valence-electron chi connectivity index (χ1n) is 5.33. The first kappa shape index (κ1) is 9.56. The van der Waals surface area contributed by atoms with E-state index in [1.807, 2.05) is 6.33 Å². The van der Waals surface area contributed by atoms with E-state index >= 15 is 0 Å². The minimum absolute atomic E-state index is 0.0408. The molecule has 0 spiro atoms. The van der Waals surface area contributed by atoms with Crippen LogP contribution in [0.25, 0.3) is 0 Å². The van der Waals surface area contributed by atoms with Crippen molar-refractivity contribution in [2.24, 2.45) is 0 Å². The van der Waals surface area contributed by atoms with E-state index in [-0.39, 0.29) is 5.54 Å². The summed E-state index contributed by atoms with van der Waals surface area (Å²) in [6.07, 6.45) is 5.71. The van der Waals surface area contributed by atoms with Crippen molar-refractivity contribution in [1.29, 1.82) is 0 Å². The smallest absolute Gasteiger partial charge is 0.127 e. The Hall–Kier alpha value is -0.990. The predicted molar refractivity (Wildman–Crippen MR) is 58.2 cm³/mol. The molecule has 3 nitrogen and oxygen atoms in total. The molecular weight excluding hydrogens is 174 g/mol. The van der Waals surface area contributed by atoms with Crippen LogP contribution in [-0.2, 0) is 5.54 Å². The normalized spacial score (nSPS) is 18.2. The van der Waals surface area contributed by atoms with Gasteiger partial charge in [-0.3, -0.25) is 0 Å². The molecule has 0 aliphatic heterocycles. The number of nitrogens with zero attached hydrogens (tertiary/aromatic N) is 2. The Labute approximate surface area is 85.3 Å². The number of imidazole rings is 1. The van der Waals surface area contributed by atoms with E-state index in [0.29, 0.717) is 5.92 Å². The molecule has 0 saturated heterocycles. The van der Waals surface area contributed by atoms with Crippen molar-refractivity contribution in [3.05, 3.63) is 12.0 Å². The molecule has 0 unspecified atom stereocenters.